The minimum atomic E-state index is -0.235. The van der Waals surface area contributed by atoms with Gasteiger partial charge in [-0.2, -0.15) is 5.10 Å². The Kier molecular flexibility index (Phi) is 5.88. The maximum atomic E-state index is 13.2. The van der Waals surface area contributed by atoms with E-state index < -0.39 is 0 Å². The molecular weight excluding hydrogens is 424 g/mol. The highest BCUT2D eigenvalue weighted by molar-refractivity contribution is 5.94. The maximum absolute atomic E-state index is 13.2. The van der Waals surface area contributed by atoms with Crippen molar-refractivity contribution in [2.24, 2.45) is 0 Å². The Morgan fingerprint density at radius 3 is 2.26 bits per heavy atom. The van der Waals surface area contributed by atoms with Gasteiger partial charge in [-0.05, 0) is 43.7 Å². The van der Waals surface area contributed by atoms with Crippen LogP contribution in [-0.2, 0) is 11.3 Å². The molecule has 6 heteroatoms. The van der Waals surface area contributed by atoms with E-state index in [9.17, 15) is 9.59 Å². The summed E-state index contributed by atoms with van der Waals surface area (Å²) in [6, 6.07) is 24.0. The topological polar surface area (TPSA) is 58.4 Å². The summed E-state index contributed by atoms with van der Waals surface area (Å²) in [4.78, 5) is 30.5. The number of piperazine rings is 1. The predicted octanol–water partition coefficient (Wildman–Crippen LogP) is 4.03. The largest absolute Gasteiger partial charge is 0.368 e. The molecule has 0 aliphatic carbocycles. The quantitative estimate of drug-likeness (QED) is 0.469. The van der Waals surface area contributed by atoms with Gasteiger partial charge in [-0.15, -0.1) is 0 Å². The second kappa shape index (κ2) is 9.14. The highest BCUT2D eigenvalue weighted by Crippen LogP contribution is 2.28. The number of hydrogen-bond acceptors (Lipinski definition) is 4. The summed E-state index contributed by atoms with van der Waals surface area (Å²) in [5, 5.41) is 6.10. The van der Waals surface area contributed by atoms with Gasteiger partial charge in [0.25, 0.3) is 5.56 Å². The Morgan fingerprint density at radius 2 is 1.53 bits per heavy atom. The summed E-state index contributed by atoms with van der Waals surface area (Å²) in [5.74, 6) is -0.0792. The van der Waals surface area contributed by atoms with Crippen molar-refractivity contribution in [3.63, 3.8) is 0 Å². The van der Waals surface area contributed by atoms with Crippen LogP contribution in [0.15, 0.2) is 77.6 Å². The first-order valence-electron chi connectivity index (χ1n) is 11.7. The van der Waals surface area contributed by atoms with E-state index in [1.54, 1.807) is 0 Å². The average Bonchev–Trinajstić information content (AvgIpc) is 2.88. The molecule has 5 rings (SSSR count). The third kappa shape index (κ3) is 4.19. The first-order valence-corrected chi connectivity index (χ1v) is 11.7. The molecule has 0 bridgehead atoms. The molecule has 0 atom stereocenters. The normalized spacial score (nSPS) is 13.9. The Labute approximate surface area is 199 Å². The lowest BCUT2D eigenvalue weighted by Gasteiger charge is -2.36. The van der Waals surface area contributed by atoms with Crippen molar-refractivity contribution in [2.75, 3.05) is 31.1 Å². The lowest BCUT2D eigenvalue weighted by atomic mass is 9.99. The Bertz CT molecular complexity index is 1400. The Morgan fingerprint density at radius 1 is 0.853 bits per heavy atom. The zero-order valence-electron chi connectivity index (χ0n) is 19.6. The van der Waals surface area contributed by atoms with Crippen LogP contribution in [0.1, 0.15) is 11.1 Å². The fraction of sp³-hybridized carbons (Fsp3) is 0.250. The third-order valence-electron chi connectivity index (χ3n) is 6.55. The number of benzene rings is 3. The van der Waals surface area contributed by atoms with Crippen LogP contribution >= 0.6 is 0 Å². The van der Waals surface area contributed by atoms with E-state index in [0.717, 1.165) is 40.9 Å². The van der Waals surface area contributed by atoms with Crippen molar-refractivity contribution in [3.05, 3.63) is 94.3 Å². The van der Waals surface area contributed by atoms with Crippen LogP contribution in [0.2, 0.25) is 0 Å². The van der Waals surface area contributed by atoms with Gasteiger partial charge < -0.3 is 9.80 Å². The second-order valence-electron chi connectivity index (χ2n) is 8.88. The highest BCUT2D eigenvalue weighted by Gasteiger charge is 2.23. The van der Waals surface area contributed by atoms with Crippen LogP contribution in [0.25, 0.3) is 22.0 Å². The lowest BCUT2D eigenvalue weighted by Crippen LogP contribution is -2.50. The van der Waals surface area contributed by atoms with Crippen LogP contribution in [0.3, 0.4) is 0 Å². The maximum Gasteiger partial charge on any atom is 0.275 e. The number of hydrogen-bond donors (Lipinski definition) is 0. The molecule has 1 fully saturated rings. The predicted molar refractivity (Wildman–Crippen MR) is 136 cm³/mol. The second-order valence-corrected chi connectivity index (χ2v) is 8.88. The molecule has 1 saturated heterocycles. The molecule has 2 heterocycles. The molecule has 0 N–H and O–H groups in total. The molecule has 3 aromatic carbocycles. The molecule has 1 aliphatic heterocycles. The molecule has 34 heavy (non-hydrogen) atoms. The summed E-state index contributed by atoms with van der Waals surface area (Å²) in [6.45, 7) is 6.80. The molecule has 1 aromatic heterocycles. The van der Waals surface area contributed by atoms with E-state index in [0.29, 0.717) is 18.5 Å². The molecule has 6 nitrogen and oxygen atoms in total. The van der Waals surface area contributed by atoms with Crippen molar-refractivity contribution < 1.29 is 4.79 Å². The van der Waals surface area contributed by atoms with E-state index in [2.05, 4.69) is 35.2 Å². The summed E-state index contributed by atoms with van der Waals surface area (Å²) in [7, 11) is 0. The molecule has 4 aromatic rings. The first-order chi connectivity index (χ1) is 16.5. The molecule has 0 unspecified atom stereocenters. The number of amides is 1. The molecule has 1 aliphatic rings. The number of para-hydroxylation sites is 1. The smallest absolute Gasteiger partial charge is 0.275 e. The number of carbonyl (C=O) groups excluding carboxylic acids is 1. The number of fused-ring (bicyclic) bond motifs is 1. The third-order valence-corrected chi connectivity index (χ3v) is 6.55. The molecule has 172 valence electrons. The highest BCUT2D eigenvalue weighted by atomic mass is 16.2. The van der Waals surface area contributed by atoms with Gasteiger partial charge in [0, 0.05) is 42.8 Å². The number of rotatable bonds is 4. The van der Waals surface area contributed by atoms with Gasteiger partial charge in [-0.3, -0.25) is 9.59 Å². The van der Waals surface area contributed by atoms with Crippen LogP contribution in [0.5, 0.6) is 0 Å². The minimum absolute atomic E-state index is 0.0626. The molecule has 0 spiro atoms. The van der Waals surface area contributed by atoms with Crippen molar-refractivity contribution >= 4 is 22.4 Å². The SMILES string of the molecule is Cc1ccc(C)c(-c2nn(CC(=O)N3CCN(c4ccccc4)CC3)c(=O)c3ccccc23)c1. The van der Waals surface area contributed by atoms with E-state index >= 15 is 0 Å². The number of aryl methyl sites for hydroxylation is 2. The molecular formula is C28H28N4O2. The zero-order chi connectivity index (χ0) is 23.7. The van der Waals surface area contributed by atoms with E-state index in [-0.39, 0.29) is 18.0 Å². The minimum Gasteiger partial charge on any atom is -0.368 e. The summed E-state index contributed by atoms with van der Waals surface area (Å²) in [6.07, 6.45) is 0. The Balaban J connectivity index is 1.43. The number of carbonyl (C=O) groups is 1. The summed E-state index contributed by atoms with van der Waals surface area (Å²) < 4.78 is 1.34. The average molecular weight is 453 g/mol. The van der Waals surface area contributed by atoms with Crippen LogP contribution < -0.4 is 10.5 Å². The summed E-state index contributed by atoms with van der Waals surface area (Å²) >= 11 is 0. The van der Waals surface area contributed by atoms with E-state index in [4.69, 9.17) is 5.10 Å². The van der Waals surface area contributed by atoms with Gasteiger partial charge in [-0.25, -0.2) is 4.68 Å². The van der Waals surface area contributed by atoms with Crippen LogP contribution in [-0.4, -0.2) is 46.8 Å². The molecule has 0 saturated carbocycles. The first kappa shape index (κ1) is 21.9. The standard InChI is InChI=1S/C28H28N4O2/c1-20-12-13-21(2)25(18-20)27-23-10-6-7-11-24(23)28(34)32(29-27)19-26(33)31-16-14-30(15-17-31)22-8-4-3-5-9-22/h3-13,18H,14-17,19H2,1-2H3. The lowest BCUT2D eigenvalue weighted by molar-refractivity contribution is -0.132. The van der Waals surface area contributed by atoms with Crippen molar-refractivity contribution in [2.45, 2.75) is 20.4 Å². The number of nitrogens with zero attached hydrogens (tertiary/aromatic N) is 4. The number of aromatic nitrogens is 2. The van der Waals surface area contributed by atoms with Gasteiger partial charge in [-0.1, -0.05) is 54.1 Å². The molecule has 0 radical (unpaired) electrons. The van der Waals surface area contributed by atoms with Gasteiger partial charge >= 0.3 is 0 Å². The van der Waals surface area contributed by atoms with Crippen molar-refractivity contribution in [1.29, 1.82) is 0 Å². The van der Waals surface area contributed by atoms with Gasteiger partial charge in [0.2, 0.25) is 5.91 Å². The van der Waals surface area contributed by atoms with E-state index in [1.807, 2.05) is 61.2 Å². The Hall–Kier alpha value is -3.93. The molecule has 1 amide bonds. The monoisotopic (exact) mass is 452 g/mol. The fourth-order valence-electron chi connectivity index (χ4n) is 4.61. The van der Waals surface area contributed by atoms with Crippen LogP contribution in [0.4, 0.5) is 5.69 Å². The van der Waals surface area contributed by atoms with Gasteiger partial charge in [0.15, 0.2) is 0 Å². The zero-order valence-corrected chi connectivity index (χ0v) is 19.6. The van der Waals surface area contributed by atoms with Gasteiger partial charge in [0.1, 0.15) is 6.54 Å². The van der Waals surface area contributed by atoms with Gasteiger partial charge in [0.05, 0.1) is 11.1 Å². The van der Waals surface area contributed by atoms with Crippen molar-refractivity contribution in [3.8, 4) is 11.3 Å². The van der Waals surface area contributed by atoms with Crippen LogP contribution in [0, 0.1) is 13.8 Å². The summed E-state index contributed by atoms with van der Waals surface area (Å²) in [5.41, 5.74) is 4.85. The number of anilines is 1. The van der Waals surface area contributed by atoms with Crippen molar-refractivity contribution in [1.82, 2.24) is 14.7 Å². The van der Waals surface area contributed by atoms with E-state index in [1.165, 1.54) is 10.4 Å². The fourth-order valence-corrected chi connectivity index (χ4v) is 4.61.